The lowest BCUT2D eigenvalue weighted by molar-refractivity contribution is 0.670. The third kappa shape index (κ3) is 1.64. The van der Waals surface area contributed by atoms with E-state index in [1.54, 1.807) is 0 Å². The van der Waals surface area contributed by atoms with Crippen LogP contribution in [0.5, 0.6) is 0 Å². The number of fused-ring (bicyclic) bond motifs is 3. The summed E-state index contributed by atoms with van der Waals surface area (Å²) in [6.07, 6.45) is 0. The summed E-state index contributed by atoms with van der Waals surface area (Å²) in [6.45, 7) is 0. The van der Waals surface area contributed by atoms with Gasteiger partial charge in [-0.15, -0.1) is 0 Å². The van der Waals surface area contributed by atoms with Crippen molar-refractivity contribution in [3.63, 3.8) is 0 Å². The number of rotatable bonds is 1. The Balaban J connectivity index is 2.16. The lowest BCUT2D eigenvalue weighted by Gasteiger charge is -2.03. The molecule has 0 aliphatic carbocycles. The van der Waals surface area contributed by atoms with Gasteiger partial charge in [-0.05, 0) is 23.8 Å². The molecule has 0 saturated heterocycles. The van der Waals surface area contributed by atoms with Gasteiger partial charge in [0.25, 0.3) is 0 Å². The minimum absolute atomic E-state index is 0.727. The van der Waals surface area contributed by atoms with Crippen molar-refractivity contribution < 1.29 is 4.42 Å². The highest BCUT2D eigenvalue weighted by atomic mass is 35.5. The van der Waals surface area contributed by atoms with Gasteiger partial charge >= 0.3 is 0 Å². The first-order valence-electron chi connectivity index (χ1n) is 6.50. The Morgan fingerprint density at radius 1 is 0.750 bits per heavy atom. The molecule has 4 aromatic rings. The highest BCUT2D eigenvalue weighted by Crippen LogP contribution is 2.39. The second kappa shape index (κ2) is 4.39. The van der Waals surface area contributed by atoms with Crippen LogP contribution >= 0.6 is 11.6 Å². The van der Waals surface area contributed by atoms with Crippen LogP contribution in [0.4, 0.5) is 0 Å². The Morgan fingerprint density at radius 3 is 2.35 bits per heavy atom. The van der Waals surface area contributed by atoms with Gasteiger partial charge in [-0.2, -0.15) is 0 Å². The fourth-order valence-electron chi connectivity index (χ4n) is 2.63. The number of para-hydroxylation sites is 1. The van der Waals surface area contributed by atoms with Crippen LogP contribution in [0.3, 0.4) is 0 Å². The van der Waals surface area contributed by atoms with E-state index in [1.807, 2.05) is 54.6 Å². The molecule has 0 aliphatic heterocycles. The second-order valence-corrected chi connectivity index (χ2v) is 5.17. The molecule has 3 aromatic carbocycles. The van der Waals surface area contributed by atoms with Crippen molar-refractivity contribution in [1.29, 1.82) is 0 Å². The topological polar surface area (TPSA) is 13.1 Å². The Morgan fingerprint density at radius 2 is 1.50 bits per heavy atom. The molecule has 0 atom stereocenters. The smallest absolute Gasteiger partial charge is 0.144 e. The van der Waals surface area contributed by atoms with Crippen LogP contribution in [-0.2, 0) is 0 Å². The van der Waals surface area contributed by atoms with Crippen molar-refractivity contribution in [3.05, 3.63) is 71.8 Å². The van der Waals surface area contributed by atoms with E-state index in [4.69, 9.17) is 16.0 Å². The highest BCUT2D eigenvalue weighted by Gasteiger charge is 2.14. The lowest BCUT2D eigenvalue weighted by atomic mass is 10.0. The Bertz CT molecular complexity index is 907. The molecule has 1 nitrogen and oxygen atoms in total. The predicted octanol–water partition coefficient (Wildman–Crippen LogP) is 5.91. The van der Waals surface area contributed by atoms with Gasteiger partial charge in [0, 0.05) is 16.3 Å². The Kier molecular flexibility index (Phi) is 2.54. The minimum Gasteiger partial charge on any atom is -0.455 e. The summed E-state index contributed by atoms with van der Waals surface area (Å²) in [5, 5.41) is 2.78. The van der Waals surface area contributed by atoms with Gasteiger partial charge in [-0.3, -0.25) is 0 Å². The van der Waals surface area contributed by atoms with E-state index in [0.717, 1.165) is 38.1 Å². The number of halogens is 1. The molecule has 0 fully saturated rings. The summed E-state index contributed by atoms with van der Waals surface area (Å²) in [7, 11) is 0. The van der Waals surface area contributed by atoms with Gasteiger partial charge < -0.3 is 4.42 Å². The van der Waals surface area contributed by atoms with E-state index in [0.29, 0.717) is 0 Å². The standard InChI is InChI=1S/C18H11ClO/c19-15-11-10-13(12-6-2-1-3-7-12)18-17(15)14-8-4-5-9-16(14)20-18/h1-11H. The fraction of sp³-hybridized carbons (Fsp3) is 0. The molecule has 0 aliphatic rings. The molecular weight excluding hydrogens is 268 g/mol. The molecule has 1 heterocycles. The van der Waals surface area contributed by atoms with Crippen LogP contribution in [0.2, 0.25) is 5.02 Å². The fourth-order valence-corrected chi connectivity index (χ4v) is 2.88. The monoisotopic (exact) mass is 278 g/mol. The van der Waals surface area contributed by atoms with E-state index in [1.165, 1.54) is 0 Å². The molecular formula is C18H11ClO. The van der Waals surface area contributed by atoms with Gasteiger partial charge in [0.2, 0.25) is 0 Å². The first kappa shape index (κ1) is 11.6. The van der Waals surface area contributed by atoms with Crippen molar-refractivity contribution in [2.24, 2.45) is 0 Å². The van der Waals surface area contributed by atoms with Gasteiger partial charge in [-0.1, -0.05) is 60.1 Å². The molecule has 20 heavy (non-hydrogen) atoms. The average molecular weight is 279 g/mol. The van der Waals surface area contributed by atoms with E-state index >= 15 is 0 Å². The summed E-state index contributed by atoms with van der Waals surface area (Å²) < 4.78 is 6.03. The summed E-state index contributed by atoms with van der Waals surface area (Å²) in [6, 6.07) is 22.2. The Hall–Kier alpha value is -2.25. The van der Waals surface area contributed by atoms with Crippen LogP contribution in [0.15, 0.2) is 71.1 Å². The maximum atomic E-state index is 6.38. The van der Waals surface area contributed by atoms with Gasteiger partial charge in [0.05, 0.1) is 5.02 Å². The van der Waals surface area contributed by atoms with Crippen LogP contribution < -0.4 is 0 Å². The molecule has 1 aromatic heterocycles. The van der Waals surface area contributed by atoms with Gasteiger partial charge in [-0.25, -0.2) is 0 Å². The highest BCUT2D eigenvalue weighted by molar-refractivity contribution is 6.38. The van der Waals surface area contributed by atoms with Crippen molar-refractivity contribution >= 4 is 33.5 Å². The molecule has 0 amide bonds. The summed E-state index contributed by atoms with van der Waals surface area (Å²) in [4.78, 5) is 0. The Labute approximate surface area is 121 Å². The number of hydrogen-bond acceptors (Lipinski definition) is 1. The van der Waals surface area contributed by atoms with Crippen LogP contribution in [0.25, 0.3) is 33.1 Å². The number of hydrogen-bond donors (Lipinski definition) is 0. The molecule has 0 bridgehead atoms. The van der Waals surface area contributed by atoms with Crippen molar-refractivity contribution in [2.45, 2.75) is 0 Å². The molecule has 4 rings (SSSR count). The molecule has 0 radical (unpaired) electrons. The molecule has 96 valence electrons. The minimum atomic E-state index is 0.727. The quantitative estimate of drug-likeness (QED) is 0.422. The van der Waals surface area contributed by atoms with Gasteiger partial charge in [0.1, 0.15) is 11.2 Å². The first-order valence-corrected chi connectivity index (χ1v) is 6.87. The summed E-state index contributed by atoms with van der Waals surface area (Å²) in [5.41, 5.74) is 3.92. The van der Waals surface area contributed by atoms with Crippen LogP contribution in [0, 0.1) is 0 Å². The van der Waals surface area contributed by atoms with E-state index in [-0.39, 0.29) is 0 Å². The third-order valence-corrected chi connectivity index (χ3v) is 3.88. The number of furan rings is 1. The summed E-state index contributed by atoms with van der Waals surface area (Å²) >= 11 is 6.38. The number of benzene rings is 3. The van der Waals surface area contributed by atoms with Crippen LogP contribution in [0.1, 0.15) is 0 Å². The lowest BCUT2D eigenvalue weighted by Crippen LogP contribution is -1.79. The molecule has 0 spiro atoms. The molecule has 0 N–H and O–H groups in total. The normalized spacial score (nSPS) is 11.2. The largest absolute Gasteiger partial charge is 0.455 e. The van der Waals surface area contributed by atoms with E-state index in [9.17, 15) is 0 Å². The molecule has 2 heteroatoms. The average Bonchev–Trinajstić information content (AvgIpc) is 2.88. The van der Waals surface area contributed by atoms with Gasteiger partial charge in [0.15, 0.2) is 0 Å². The molecule has 0 saturated carbocycles. The third-order valence-electron chi connectivity index (χ3n) is 3.56. The SMILES string of the molecule is Clc1ccc(-c2ccccc2)c2oc3ccccc3c12. The van der Waals surface area contributed by atoms with Crippen molar-refractivity contribution in [2.75, 3.05) is 0 Å². The zero-order chi connectivity index (χ0) is 13.5. The first-order chi connectivity index (χ1) is 9.84. The maximum Gasteiger partial charge on any atom is 0.144 e. The van der Waals surface area contributed by atoms with Crippen molar-refractivity contribution in [3.8, 4) is 11.1 Å². The van der Waals surface area contributed by atoms with Crippen molar-refractivity contribution in [1.82, 2.24) is 0 Å². The summed E-state index contributed by atoms with van der Waals surface area (Å²) in [5.74, 6) is 0. The van der Waals surface area contributed by atoms with Crippen LogP contribution in [-0.4, -0.2) is 0 Å². The molecule has 0 unspecified atom stereocenters. The maximum absolute atomic E-state index is 6.38. The zero-order valence-electron chi connectivity index (χ0n) is 10.6. The zero-order valence-corrected chi connectivity index (χ0v) is 11.4. The van der Waals surface area contributed by atoms with E-state index in [2.05, 4.69) is 12.1 Å². The van der Waals surface area contributed by atoms with E-state index < -0.39 is 0 Å². The second-order valence-electron chi connectivity index (χ2n) is 4.76. The predicted molar refractivity (Wildman–Crippen MR) is 84.2 cm³/mol.